The van der Waals surface area contributed by atoms with Crippen LogP contribution < -0.4 is 10.0 Å². The van der Waals surface area contributed by atoms with E-state index in [4.69, 9.17) is 0 Å². The Morgan fingerprint density at radius 3 is 2.68 bits per heavy atom. The van der Waals surface area contributed by atoms with E-state index in [1.165, 1.54) is 18.4 Å². The Labute approximate surface area is 164 Å². The lowest BCUT2D eigenvalue weighted by Crippen LogP contribution is -2.50. The fourth-order valence-electron chi connectivity index (χ4n) is 3.33. The standard InChI is InChI=1S/C18H21F3N4O2S/c19-18(20,21)14-8-12(13-6-7-25(23-13)9-10-2-1-3-10)15(16(26)22-14)17(27)24-28-11-4-5-11/h6-7,10-11,14H,1-5,8-9H2,(H,22,26)(H,24,27). The quantitative estimate of drug-likeness (QED) is 0.555. The summed E-state index contributed by atoms with van der Waals surface area (Å²) in [7, 11) is 0. The number of halogens is 3. The molecule has 0 radical (unpaired) electrons. The molecule has 2 heterocycles. The summed E-state index contributed by atoms with van der Waals surface area (Å²) in [5, 5.41) is 6.60. The molecule has 4 rings (SSSR count). The van der Waals surface area contributed by atoms with Gasteiger partial charge in [0, 0.05) is 30.0 Å². The molecule has 28 heavy (non-hydrogen) atoms. The van der Waals surface area contributed by atoms with Crippen molar-refractivity contribution >= 4 is 29.3 Å². The van der Waals surface area contributed by atoms with E-state index in [2.05, 4.69) is 9.82 Å². The Balaban J connectivity index is 1.62. The van der Waals surface area contributed by atoms with Crippen molar-refractivity contribution in [3.8, 4) is 0 Å². The number of rotatable bonds is 6. The molecule has 152 valence electrons. The van der Waals surface area contributed by atoms with Crippen LogP contribution in [0.15, 0.2) is 17.8 Å². The predicted octanol–water partition coefficient (Wildman–Crippen LogP) is 2.81. The second-order valence-corrected chi connectivity index (χ2v) is 8.70. The summed E-state index contributed by atoms with van der Waals surface area (Å²) in [6.45, 7) is 0.696. The summed E-state index contributed by atoms with van der Waals surface area (Å²) in [6.07, 6.45) is 1.96. The maximum Gasteiger partial charge on any atom is 0.408 e. The van der Waals surface area contributed by atoms with Crippen LogP contribution in [0.1, 0.15) is 44.2 Å². The van der Waals surface area contributed by atoms with Crippen LogP contribution in [0, 0.1) is 5.92 Å². The van der Waals surface area contributed by atoms with Gasteiger partial charge in [-0.05, 0) is 49.6 Å². The van der Waals surface area contributed by atoms with Crippen molar-refractivity contribution in [3.05, 3.63) is 23.5 Å². The Kier molecular flexibility index (Phi) is 5.15. The van der Waals surface area contributed by atoms with Gasteiger partial charge in [0.25, 0.3) is 11.8 Å². The van der Waals surface area contributed by atoms with Crippen molar-refractivity contribution in [2.45, 2.75) is 62.5 Å². The number of carbonyl (C=O) groups excluding carboxylic acids is 2. The summed E-state index contributed by atoms with van der Waals surface area (Å²) < 4.78 is 44.1. The molecule has 1 aromatic rings. The van der Waals surface area contributed by atoms with Gasteiger partial charge in [0.05, 0.1) is 5.69 Å². The highest BCUT2D eigenvalue weighted by Crippen LogP contribution is 2.36. The molecule has 1 unspecified atom stereocenters. The van der Waals surface area contributed by atoms with Gasteiger partial charge in [-0.15, -0.1) is 0 Å². The van der Waals surface area contributed by atoms with Gasteiger partial charge in [0.15, 0.2) is 0 Å². The molecule has 10 heteroatoms. The third kappa shape index (κ3) is 4.21. The van der Waals surface area contributed by atoms with Crippen molar-refractivity contribution in [1.82, 2.24) is 19.8 Å². The van der Waals surface area contributed by atoms with Crippen molar-refractivity contribution in [3.63, 3.8) is 0 Å². The zero-order chi connectivity index (χ0) is 19.9. The molecule has 0 bridgehead atoms. The molecular weight excluding hydrogens is 393 g/mol. The number of nitrogens with zero attached hydrogens (tertiary/aromatic N) is 2. The zero-order valence-electron chi connectivity index (χ0n) is 15.1. The first kappa shape index (κ1) is 19.4. The van der Waals surface area contributed by atoms with Gasteiger partial charge < -0.3 is 5.32 Å². The number of hydrogen-bond donors (Lipinski definition) is 2. The molecule has 2 aliphatic carbocycles. The van der Waals surface area contributed by atoms with E-state index in [0.29, 0.717) is 17.7 Å². The number of alkyl halides is 3. The lowest BCUT2D eigenvalue weighted by molar-refractivity contribution is -0.160. The highest BCUT2D eigenvalue weighted by atomic mass is 32.2. The average Bonchev–Trinajstić information content (AvgIpc) is 3.30. The molecule has 3 aliphatic rings. The first-order chi connectivity index (χ1) is 13.3. The minimum Gasteiger partial charge on any atom is -0.340 e. The van der Waals surface area contributed by atoms with E-state index in [0.717, 1.165) is 25.7 Å². The molecule has 0 saturated heterocycles. The van der Waals surface area contributed by atoms with Crippen molar-refractivity contribution in [2.75, 3.05) is 0 Å². The van der Waals surface area contributed by atoms with Gasteiger partial charge in [-0.2, -0.15) is 18.3 Å². The summed E-state index contributed by atoms with van der Waals surface area (Å²) >= 11 is 1.21. The van der Waals surface area contributed by atoms with Gasteiger partial charge in [-0.25, -0.2) is 0 Å². The van der Waals surface area contributed by atoms with E-state index in [1.807, 2.05) is 5.32 Å². The Hall–Kier alpha value is -1.97. The molecule has 2 saturated carbocycles. The number of aromatic nitrogens is 2. The van der Waals surface area contributed by atoms with Crippen LogP contribution in [0.3, 0.4) is 0 Å². The van der Waals surface area contributed by atoms with Gasteiger partial charge in [0.2, 0.25) is 0 Å². The third-order valence-electron chi connectivity index (χ3n) is 5.33. The highest BCUT2D eigenvalue weighted by molar-refractivity contribution is 7.98. The first-order valence-corrected chi connectivity index (χ1v) is 10.3. The second kappa shape index (κ2) is 7.46. The van der Waals surface area contributed by atoms with Crippen LogP contribution in [0.25, 0.3) is 5.57 Å². The summed E-state index contributed by atoms with van der Waals surface area (Å²) in [6, 6.07) is -0.444. The lowest BCUT2D eigenvalue weighted by Gasteiger charge is -2.28. The number of nitrogens with one attached hydrogen (secondary N) is 2. The molecule has 0 aromatic carbocycles. The molecule has 6 nitrogen and oxygen atoms in total. The number of amides is 2. The Bertz CT molecular complexity index is 812. The first-order valence-electron chi connectivity index (χ1n) is 9.42. The summed E-state index contributed by atoms with van der Waals surface area (Å²) in [4.78, 5) is 25.0. The van der Waals surface area contributed by atoms with Gasteiger partial charge in [-0.1, -0.05) is 6.42 Å². The van der Waals surface area contributed by atoms with E-state index in [1.54, 1.807) is 16.9 Å². The minimum atomic E-state index is -4.60. The van der Waals surface area contributed by atoms with Crippen LogP contribution in [0.4, 0.5) is 13.2 Å². The topological polar surface area (TPSA) is 76.0 Å². The predicted molar refractivity (Wildman–Crippen MR) is 97.8 cm³/mol. The highest BCUT2D eigenvalue weighted by Gasteiger charge is 2.46. The maximum absolute atomic E-state index is 13.3. The Morgan fingerprint density at radius 2 is 2.07 bits per heavy atom. The average molecular weight is 414 g/mol. The maximum atomic E-state index is 13.3. The van der Waals surface area contributed by atoms with Gasteiger partial charge in [-0.3, -0.25) is 19.0 Å². The third-order valence-corrected chi connectivity index (χ3v) is 6.44. The molecule has 1 aliphatic heterocycles. The fourth-order valence-corrected chi connectivity index (χ4v) is 4.08. The zero-order valence-corrected chi connectivity index (χ0v) is 15.9. The van der Waals surface area contributed by atoms with Gasteiger partial charge in [0.1, 0.15) is 11.6 Å². The molecule has 1 atom stereocenters. The molecule has 2 N–H and O–H groups in total. The van der Waals surface area contributed by atoms with Crippen molar-refractivity contribution in [1.29, 1.82) is 0 Å². The van der Waals surface area contributed by atoms with Crippen LogP contribution in [0.2, 0.25) is 0 Å². The van der Waals surface area contributed by atoms with E-state index in [-0.39, 0.29) is 16.8 Å². The van der Waals surface area contributed by atoms with E-state index in [9.17, 15) is 22.8 Å². The van der Waals surface area contributed by atoms with E-state index < -0.39 is 30.5 Å². The summed E-state index contributed by atoms with van der Waals surface area (Å²) in [5.74, 6) is -1.15. The second-order valence-electron chi connectivity index (χ2n) is 7.59. The smallest absolute Gasteiger partial charge is 0.340 e. The van der Waals surface area contributed by atoms with Gasteiger partial charge >= 0.3 is 6.18 Å². The Morgan fingerprint density at radius 1 is 1.32 bits per heavy atom. The molecule has 2 fully saturated rings. The molecule has 1 aromatic heterocycles. The van der Waals surface area contributed by atoms with Crippen LogP contribution in [0.5, 0.6) is 0 Å². The van der Waals surface area contributed by atoms with Crippen molar-refractivity contribution in [2.24, 2.45) is 5.92 Å². The molecule has 0 spiro atoms. The molecule has 2 amide bonds. The van der Waals surface area contributed by atoms with E-state index >= 15 is 0 Å². The fraction of sp³-hybridized carbons (Fsp3) is 0.611. The largest absolute Gasteiger partial charge is 0.408 e. The molecular formula is C18H21F3N4O2S. The number of carbonyl (C=O) groups is 2. The SMILES string of the molecule is O=C(NSC1CC1)C1=C(c2ccn(CC3CCC3)n2)CC(C(F)(F)F)NC1=O. The minimum absolute atomic E-state index is 0.0485. The van der Waals surface area contributed by atoms with Crippen molar-refractivity contribution < 1.29 is 22.8 Å². The van der Waals surface area contributed by atoms with Crippen LogP contribution >= 0.6 is 11.9 Å². The normalized spacial score (nSPS) is 23.4. The summed E-state index contributed by atoms with van der Waals surface area (Å²) in [5.41, 5.74) is 0.0277. The van der Waals surface area contributed by atoms with Crippen LogP contribution in [-0.2, 0) is 16.1 Å². The number of hydrogen-bond acceptors (Lipinski definition) is 4. The monoisotopic (exact) mass is 414 g/mol. The van der Waals surface area contributed by atoms with Crippen LogP contribution in [-0.4, -0.2) is 39.1 Å². The lowest BCUT2D eigenvalue weighted by atomic mass is 9.85.